The zero-order valence-electron chi connectivity index (χ0n) is 11.7. The van der Waals surface area contributed by atoms with Crippen LogP contribution in [0.1, 0.15) is 43.8 Å². The maximum Gasteiger partial charge on any atom is 0.251 e. The Hall–Kier alpha value is -1.91. The van der Waals surface area contributed by atoms with Gasteiger partial charge in [-0.3, -0.25) is 4.79 Å². The fourth-order valence-electron chi connectivity index (χ4n) is 2.87. The Balaban J connectivity index is 1.95. The number of hydrogen-bond acceptors (Lipinski definition) is 4. The van der Waals surface area contributed by atoms with E-state index in [1.807, 2.05) is 13.0 Å². The minimum atomic E-state index is 0.0702. The maximum atomic E-state index is 12.6. The van der Waals surface area contributed by atoms with Gasteiger partial charge in [-0.15, -0.1) is 0 Å². The van der Waals surface area contributed by atoms with Gasteiger partial charge in [-0.05, 0) is 25.8 Å². The molecule has 0 atom stereocenters. The predicted octanol–water partition coefficient (Wildman–Crippen LogP) is 3.05. The second-order valence-electron chi connectivity index (χ2n) is 5.21. The number of ether oxygens (including phenoxy) is 1. The lowest BCUT2D eigenvalue weighted by molar-refractivity contribution is 0.0790. The van der Waals surface area contributed by atoms with Gasteiger partial charge in [0.2, 0.25) is 0 Å². The van der Waals surface area contributed by atoms with Gasteiger partial charge < -0.3 is 4.74 Å². The fourth-order valence-corrected chi connectivity index (χ4v) is 2.87. The van der Waals surface area contributed by atoms with E-state index in [-0.39, 0.29) is 11.8 Å². The number of pyridine rings is 1. The van der Waals surface area contributed by atoms with Crippen molar-refractivity contribution in [3.63, 3.8) is 0 Å². The Morgan fingerprint density at radius 1 is 1.40 bits per heavy atom. The quantitative estimate of drug-likeness (QED) is 0.862. The average molecular weight is 273 g/mol. The van der Waals surface area contributed by atoms with Gasteiger partial charge in [-0.2, -0.15) is 9.78 Å². The van der Waals surface area contributed by atoms with Crippen molar-refractivity contribution < 1.29 is 9.53 Å². The van der Waals surface area contributed by atoms with E-state index < -0.39 is 0 Å². The topological polar surface area (TPSA) is 57.0 Å². The van der Waals surface area contributed by atoms with Crippen molar-refractivity contribution in [3.05, 3.63) is 18.5 Å². The minimum absolute atomic E-state index is 0.0702. The summed E-state index contributed by atoms with van der Waals surface area (Å²) in [5.41, 5.74) is 0.603. The zero-order chi connectivity index (χ0) is 13.9. The van der Waals surface area contributed by atoms with E-state index in [4.69, 9.17) is 4.74 Å². The summed E-state index contributed by atoms with van der Waals surface area (Å²) in [7, 11) is 0. The number of aromatic nitrogens is 3. The highest BCUT2D eigenvalue weighted by Crippen LogP contribution is 2.28. The maximum absolute atomic E-state index is 12.6. The summed E-state index contributed by atoms with van der Waals surface area (Å²) >= 11 is 0. The van der Waals surface area contributed by atoms with Crippen molar-refractivity contribution in [2.75, 3.05) is 6.61 Å². The van der Waals surface area contributed by atoms with E-state index in [0.29, 0.717) is 12.3 Å². The molecule has 0 amide bonds. The van der Waals surface area contributed by atoms with Gasteiger partial charge in [0, 0.05) is 12.1 Å². The van der Waals surface area contributed by atoms with Crippen molar-refractivity contribution in [2.24, 2.45) is 5.92 Å². The third kappa shape index (κ3) is 2.28. The summed E-state index contributed by atoms with van der Waals surface area (Å²) in [4.78, 5) is 16.9. The zero-order valence-corrected chi connectivity index (χ0v) is 11.7. The molecule has 5 nitrogen and oxygen atoms in total. The van der Waals surface area contributed by atoms with Crippen LogP contribution in [0.25, 0.3) is 11.0 Å². The number of fused-ring (bicyclic) bond motifs is 1. The number of carbonyl (C=O) groups is 1. The van der Waals surface area contributed by atoms with Crippen LogP contribution in [0.4, 0.5) is 0 Å². The number of carbonyl (C=O) groups excluding carboxylic acids is 1. The molecule has 0 N–H and O–H groups in total. The predicted molar refractivity (Wildman–Crippen MR) is 75.9 cm³/mol. The number of rotatable bonds is 3. The van der Waals surface area contributed by atoms with Gasteiger partial charge >= 0.3 is 0 Å². The van der Waals surface area contributed by atoms with Crippen molar-refractivity contribution >= 4 is 16.9 Å². The first-order valence-corrected chi connectivity index (χ1v) is 7.31. The SMILES string of the molecule is CCOc1ccnc2c1cnn2C(=O)C1CCCCC1. The standard InChI is InChI=1S/C15H19N3O2/c1-2-20-13-8-9-16-14-12(13)10-17-18(14)15(19)11-6-4-3-5-7-11/h8-11H,2-7H2,1H3. The Kier molecular flexibility index (Phi) is 3.67. The molecule has 1 aliphatic rings. The summed E-state index contributed by atoms with van der Waals surface area (Å²) in [6.07, 6.45) is 8.77. The van der Waals surface area contributed by atoms with Gasteiger partial charge in [-0.1, -0.05) is 19.3 Å². The van der Waals surface area contributed by atoms with E-state index in [9.17, 15) is 4.79 Å². The van der Waals surface area contributed by atoms with Crippen LogP contribution in [0.15, 0.2) is 18.5 Å². The molecule has 2 heterocycles. The van der Waals surface area contributed by atoms with Gasteiger partial charge in [0.1, 0.15) is 5.75 Å². The van der Waals surface area contributed by atoms with Crippen LogP contribution in [0.2, 0.25) is 0 Å². The van der Waals surface area contributed by atoms with Crippen molar-refractivity contribution in [2.45, 2.75) is 39.0 Å². The summed E-state index contributed by atoms with van der Waals surface area (Å²) in [5.74, 6) is 0.894. The Morgan fingerprint density at radius 3 is 2.95 bits per heavy atom. The highest BCUT2D eigenvalue weighted by atomic mass is 16.5. The molecule has 0 saturated heterocycles. The largest absolute Gasteiger partial charge is 0.493 e. The minimum Gasteiger partial charge on any atom is -0.493 e. The number of hydrogen-bond donors (Lipinski definition) is 0. The molecule has 20 heavy (non-hydrogen) atoms. The molecule has 106 valence electrons. The molecule has 0 bridgehead atoms. The summed E-state index contributed by atoms with van der Waals surface area (Å²) in [6, 6.07) is 1.81. The molecule has 2 aromatic heterocycles. The highest BCUT2D eigenvalue weighted by molar-refractivity contribution is 5.92. The highest BCUT2D eigenvalue weighted by Gasteiger charge is 2.25. The van der Waals surface area contributed by atoms with Gasteiger partial charge in [0.15, 0.2) is 5.65 Å². The summed E-state index contributed by atoms with van der Waals surface area (Å²) in [5, 5.41) is 5.04. The molecule has 1 saturated carbocycles. The Bertz CT molecular complexity index is 615. The molecular weight excluding hydrogens is 254 g/mol. The van der Waals surface area contributed by atoms with Crippen LogP contribution in [0.5, 0.6) is 5.75 Å². The third-order valence-corrected chi connectivity index (χ3v) is 3.90. The van der Waals surface area contributed by atoms with E-state index in [2.05, 4.69) is 10.1 Å². The van der Waals surface area contributed by atoms with Crippen LogP contribution in [-0.2, 0) is 0 Å². The molecule has 3 rings (SSSR count). The molecule has 0 aromatic carbocycles. The summed E-state index contributed by atoms with van der Waals surface area (Å²) < 4.78 is 7.01. The van der Waals surface area contributed by atoms with Crippen LogP contribution in [0, 0.1) is 5.92 Å². The Morgan fingerprint density at radius 2 is 2.20 bits per heavy atom. The molecule has 0 aliphatic heterocycles. The van der Waals surface area contributed by atoms with E-state index in [0.717, 1.165) is 36.8 Å². The van der Waals surface area contributed by atoms with Crippen LogP contribution in [0.3, 0.4) is 0 Å². The van der Waals surface area contributed by atoms with Crippen molar-refractivity contribution in [1.82, 2.24) is 14.8 Å². The molecule has 0 radical (unpaired) electrons. The first-order valence-electron chi connectivity index (χ1n) is 7.31. The van der Waals surface area contributed by atoms with E-state index in [1.54, 1.807) is 12.4 Å². The molecule has 5 heteroatoms. The fraction of sp³-hybridized carbons (Fsp3) is 0.533. The van der Waals surface area contributed by atoms with Gasteiger partial charge in [0.25, 0.3) is 5.91 Å². The first-order chi connectivity index (χ1) is 9.81. The van der Waals surface area contributed by atoms with Crippen LogP contribution in [-0.4, -0.2) is 27.3 Å². The lowest BCUT2D eigenvalue weighted by Crippen LogP contribution is -2.24. The number of nitrogens with zero attached hydrogens (tertiary/aromatic N) is 3. The average Bonchev–Trinajstić information content (AvgIpc) is 2.93. The third-order valence-electron chi connectivity index (χ3n) is 3.90. The molecule has 0 spiro atoms. The van der Waals surface area contributed by atoms with Crippen LogP contribution < -0.4 is 4.74 Å². The second-order valence-corrected chi connectivity index (χ2v) is 5.21. The lowest BCUT2D eigenvalue weighted by atomic mass is 9.89. The smallest absolute Gasteiger partial charge is 0.251 e. The van der Waals surface area contributed by atoms with Gasteiger partial charge in [-0.25, -0.2) is 4.98 Å². The second kappa shape index (κ2) is 5.61. The molecule has 1 aliphatic carbocycles. The van der Waals surface area contributed by atoms with Crippen molar-refractivity contribution in [1.29, 1.82) is 0 Å². The van der Waals surface area contributed by atoms with Crippen LogP contribution >= 0.6 is 0 Å². The van der Waals surface area contributed by atoms with Crippen molar-refractivity contribution in [3.8, 4) is 5.75 Å². The van der Waals surface area contributed by atoms with Gasteiger partial charge in [0.05, 0.1) is 18.2 Å². The summed E-state index contributed by atoms with van der Waals surface area (Å²) in [6.45, 7) is 2.52. The molecule has 0 unspecified atom stereocenters. The molecule has 1 fully saturated rings. The van der Waals surface area contributed by atoms with E-state index >= 15 is 0 Å². The molecular formula is C15H19N3O2. The van der Waals surface area contributed by atoms with E-state index in [1.165, 1.54) is 11.1 Å². The monoisotopic (exact) mass is 273 g/mol. The molecule has 2 aromatic rings. The first kappa shape index (κ1) is 13.1. The Labute approximate surface area is 117 Å². The lowest BCUT2D eigenvalue weighted by Gasteiger charge is -2.19. The normalized spacial score (nSPS) is 16.4.